The second-order valence-corrected chi connectivity index (χ2v) is 11.4. The topological polar surface area (TPSA) is 66.8 Å². The van der Waals surface area contributed by atoms with Crippen LogP contribution in [0.5, 0.6) is 5.75 Å². The average Bonchev–Trinajstić information content (AvgIpc) is 2.85. The smallest absolute Gasteiger partial charge is 0.385 e. The number of rotatable bonds is 5. The highest BCUT2D eigenvalue weighted by atomic mass is 32.2. The molecule has 0 amide bonds. The highest BCUT2D eigenvalue weighted by molar-refractivity contribution is 7.84. The highest BCUT2D eigenvalue weighted by Gasteiger charge is 2.69. The molecule has 30 heavy (non-hydrogen) atoms. The molecule has 1 N–H and O–H groups in total. The quantitative estimate of drug-likeness (QED) is 0.715. The summed E-state index contributed by atoms with van der Waals surface area (Å²) in [4.78, 5) is 0. The molecule has 1 aromatic carbocycles. The fourth-order valence-corrected chi connectivity index (χ4v) is 8.45. The number of aliphatic hydroxyl groups is 1. The Morgan fingerprint density at radius 1 is 1.23 bits per heavy atom. The van der Waals surface area contributed by atoms with Crippen molar-refractivity contribution in [3.05, 3.63) is 41.5 Å². The highest BCUT2D eigenvalue weighted by Crippen LogP contribution is 2.74. The van der Waals surface area contributed by atoms with Crippen molar-refractivity contribution >= 4 is 10.3 Å². The fourth-order valence-electron chi connectivity index (χ4n) is 7.36. The molecule has 0 unspecified atom stereocenters. The number of fused-ring (bicyclic) bond motifs is 3. The zero-order chi connectivity index (χ0) is 21.3. The van der Waals surface area contributed by atoms with Crippen molar-refractivity contribution in [1.29, 1.82) is 0 Å². The summed E-state index contributed by atoms with van der Waals surface area (Å²) >= 11 is 0. The fraction of sp³-hybridized carbons (Fsp3) is 0.667. The summed E-state index contributed by atoms with van der Waals surface area (Å²) < 4.78 is 31.8. The van der Waals surface area contributed by atoms with Crippen molar-refractivity contribution in [2.24, 2.45) is 22.7 Å². The molecule has 6 atom stereocenters. The van der Waals surface area contributed by atoms with Gasteiger partial charge in [-0.15, -0.1) is 0 Å². The first-order chi connectivity index (χ1) is 14.3. The van der Waals surface area contributed by atoms with E-state index in [0.717, 1.165) is 32.1 Å². The van der Waals surface area contributed by atoms with Crippen LogP contribution < -0.4 is 4.18 Å². The molecule has 5 rings (SSSR count). The van der Waals surface area contributed by atoms with Crippen molar-refractivity contribution in [2.45, 2.75) is 64.9 Å². The minimum Gasteiger partial charge on any atom is -0.393 e. The van der Waals surface area contributed by atoms with Crippen molar-refractivity contribution in [3.63, 3.8) is 0 Å². The minimum absolute atomic E-state index is 0.00796. The Balaban J connectivity index is 1.44. The van der Waals surface area contributed by atoms with Crippen LogP contribution in [0.2, 0.25) is 0 Å². The standard InChI is InChI=1S/C24H33NO4S/c1-4-25(5-2)30(27,28)29-18-7-8-19-16(14-18)6-9-21-20(19)11-12-23(3)22(26)15-17-10-13-24(17,21)23/h7-8,10,13-14,17,20-22,26H,4-6,9,11-12,15H2,1-3H3/t17-,20+,21+,22-,23+,24-/m0/s1. The lowest BCUT2D eigenvalue weighted by Gasteiger charge is -2.61. The van der Waals surface area contributed by atoms with Gasteiger partial charge in [0.05, 0.1) is 6.10 Å². The molecule has 1 aromatic rings. The third-order valence-corrected chi connectivity index (χ3v) is 10.5. The van der Waals surface area contributed by atoms with Gasteiger partial charge in [0.15, 0.2) is 0 Å². The van der Waals surface area contributed by atoms with Gasteiger partial charge in [0.25, 0.3) is 0 Å². The Morgan fingerprint density at radius 2 is 2.00 bits per heavy atom. The summed E-state index contributed by atoms with van der Waals surface area (Å²) in [5.41, 5.74) is 2.71. The van der Waals surface area contributed by atoms with Gasteiger partial charge in [0, 0.05) is 23.9 Å². The molecule has 5 nitrogen and oxygen atoms in total. The van der Waals surface area contributed by atoms with Crippen LogP contribution in [0.25, 0.3) is 0 Å². The Bertz CT molecular complexity index is 985. The van der Waals surface area contributed by atoms with Gasteiger partial charge in [-0.25, -0.2) is 0 Å². The summed E-state index contributed by atoms with van der Waals surface area (Å²) in [6.07, 6.45) is 9.60. The molecule has 0 radical (unpaired) electrons. The molecule has 2 fully saturated rings. The van der Waals surface area contributed by atoms with Crippen LogP contribution in [0.15, 0.2) is 30.4 Å². The molecule has 6 heteroatoms. The van der Waals surface area contributed by atoms with Gasteiger partial charge < -0.3 is 9.29 Å². The van der Waals surface area contributed by atoms with Crippen molar-refractivity contribution < 1.29 is 17.7 Å². The number of aliphatic hydroxyl groups excluding tert-OH is 1. The zero-order valence-electron chi connectivity index (χ0n) is 18.2. The number of allylic oxidation sites excluding steroid dienone is 2. The van der Waals surface area contributed by atoms with E-state index in [2.05, 4.69) is 25.1 Å². The van der Waals surface area contributed by atoms with Crippen LogP contribution in [0.3, 0.4) is 0 Å². The third kappa shape index (κ3) is 2.56. The SMILES string of the molecule is CCN(CC)S(=O)(=O)Oc1ccc2c(c1)CC[C@@H]1[C@@H]2CC[C@]2(C)[C@@H](O)C[C@@H]3C=C[C@@]132. The first-order valence-corrected chi connectivity index (χ1v) is 12.8. The van der Waals surface area contributed by atoms with E-state index >= 15 is 0 Å². The molecule has 164 valence electrons. The summed E-state index contributed by atoms with van der Waals surface area (Å²) in [6, 6.07) is 5.86. The molecule has 4 aliphatic carbocycles. The molecule has 0 aliphatic heterocycles. The maximum Gasteiger partial charge on any atom is 0.385 e. The van der Waals surface area contributed by atoms with Gasteiger partial charge in [-0.1, -0.05) is 39.0 Å². The number of aryl methyl sites for hydroxylation is 1. The van der Waals surface area contributed by atoms with E-state index in [1.165, 1.54) is 15.4 Å². The Hall–Kier alpha value is -1.37. The van der Waals surface area contributed by atoms with E-state index < -0.39 is 10.3 Å². The predicted octanol–water partition coefficient (Wildman–Crippen LogP) is 4.04. The lowest BCUT2D eigenvalue weighted by molar-refractivity contribution is -0.0828. The minimum atomic E-state index is -3.76. The van der Waals surface area contributed by atoms with Gasteiger partial charge in [-0.05, 0) is 73.1 Å². The van der Waals surface area contributed by atoms with E-state index in [1.807, 2.05) is 26.0 Å². The Labute approximate surface area is 180 Å². The molecule has 4 aliphatic rings. The number of nitrogens with zero attached hydrogens (tertiary/aromatic N) is 1. The molecule has 0 bridgehead atoms. The first kappa shape index (κ1) is 20.5. The average molecular weight is 432 g/mol. The normalized spacial score (nSPS) is 39.0. The summed E-state index contributed by atoms with van der Waals surface area (Å²) in [7, 11) is -3.76. The van der Waals surface area contributed by atoms with E-state index in [0.29, 0.717) is 36.6 Å². The summed E-state index contributed by atoms with van der Waals surface area (Å²) in [6.45, 7) is 6.73. The molecular weight excluding hydrogens is 398 g/mol. The van der Waals surface area contributed by atoms with Gasteiger partial charge in [-0.3, -0.25) is 0 Å². The maximum absolute atomic E-state index is 12.5. The van der Waals surface area contributed by atoms with E-state index in [1.54, 1.807) is 0 Å². The molecule has 2 saturated carbocycles. The Morgan fingerprint density at radius 3 is 2.67 bits per heavy atom. The van der Waals surface area contributed by atoms with Crippen LogP contribution in [0.1, 0.15) is 63.5 Å². The second-order valence-electron chi connectivity index (χ2n) is 9.84. The van der Waals surface area contributed by atoms with Crippen LogP contribution in [-0.4, -0.2) is 37.0 Å². The van der Waals surface area contributed by atoms with Gasteiger partial charge in [-0.2, -0.15) is 12.7 Å². The molecular formula is C24H33NO4S. The number of hydrogen-bond acceptors (Lipinski definition) is 4. The lowest BCUT2D eigenvalue weighted by Crippen LogP contribution is -2.56. The van der Waals surface area contributed by atoms with Crippen LogP contribution >= 0.6 is 0 Å². The largest absolute Gasteiger partial charge is 0.393 e. The number of hydrogen-bond donors (Lipinski definition) is 1. The van der Waals surface area contributed by atoms with Gasteiger partial charge in [0.1, 0.15) is 5.75 Å². The molecule has 0 saturated heterocycles. The van der Waals surface area contributed by atoms with Gasteiger partial charge >= 0.3 is 10.3 Å². The van der Waals surface area contributed by atoms with E-state index in [4.69, 9.17) is 4.18 Å². The zero-order valence-corrected chi connectivity index (χ0v) is 19.0. The summed E-state index contributed by atoms with van der Waals surface area (Å²) in [5.74, 6) is 1.96. The monoisotopic (exact) mass is 431 g/mol. The predicted molar refractivity (Wildman–Crippen MR) is 116 cm³/mol. The molecule has 1 spiro atoms. The Kier molecular flexibility index (Phi) is 4.66. The van der Waals surface area contributed by atoms with Crippen molar-refractivity contribution in [1.82, 2.24) is 4.31 Å². The molecule has 0 aromatic heterocycles. The van der Waals surface area contributed by atoms with Crippen molar-refractivity contribution in [3.8, 4) is 5.75 Å². The second kappa shape index (κ2) is 6.81. The maximum atomic E-state index is 12.5. The summed E-state index contributed by atoms with van der Waals surface area (Å²) in [5, 5.41) is 10.9. The lowest BCUT2D eigenvalue weighted by atomic mass is 9.42. The van der Waals surface area contributed by atoms with Crippen LogP contribution in [0.4, 0.5) is 0 Å². The van der Waals surface area contributed by atoms with Crippen LogP contribution in [0, 0.1) is 22.7 Å². The van der Waals surface area contributed by atoms with E-state index in [-0.39, 0.29) is 16.9 Å². The molecule has 0 heterocycles. The van der Waals surface area contributed by atoms with Crippen molar-refractivity contribution in [2.75, 3.05) is 13.1 Å². The third-order valence-electron chi connectivity index (χ3n) is 8.96. The number of benzene rings is 1. The first-order valence-electron chi connectivity index (χ1n) is 11.5. The van der Waals surface area contributed by atoms with Gasteiger partial charge in [0.2, 0.25) is 0 Å². The van der Waals surface area contributed by atoms with E-state index in [9.17, 15) is 13.5 Å². The van der Waals surface area contributed by atoms with Crippen LogP contribution in [-0.2, 0) is 16.7 Å².